The van der Waals surface area contributed by atoms with Crippen LogP contribution in [-0.4, -0.2) is 65.5 Å². The van der Waals surface area contributed by atoms with Crippen molar-refractivity contribution in [1.82, 2.24) is 9.29 Å². The van der Waals surface area contributed by atoms with Gasteiger partial charge in [0.15, 0.2) is 0 Å². The topological polar surface area (TPSA) is 48.8 Å². The quantitative estimate of drug-likeness (QED) is 0.618. The van der Waals surface area contributed by atoms with Gasteiger partial charge in [0, 0.05) is 37.8 Å². The van der Waals surface area contributed by atoms with Crippen molar-refractivity contribution < 1.29 is 9.76 Å². The number of nitrogens with zero attached hydrogens (tertiary/aromatic N) is 3. The number of hydrogen-bond acceptors (Lipinski definition) is 6. The van der Waals surface area contributed by atoms with Crippen LogP contribution >= 0.6 is 11.9 Å². The molecule has 1 aromatic heterocycles. The van der Waals surface area contributed by atoms with Crippen LogP contribution in [0.4, 0.5) is 5.82 Å². The summed E-state index contributed by atoms with van der Waals surface area (Å²) in [7, 11) is 1.68. The minimum absolute atomic E-state index is 0.495. The average molecular weight is 348 g/mol. The molecular formula is C17H27BN3O2S. The summed E-state index contributed by atoms with van der Waals surface area (Å²) in [5.74, 6) is 1.03. The first-order valence-corrected chi connectivity index (χ1v) is 9.56. The summed E-state index contributed by atoms with van der Waals surface area (Å²) in [5, 5.41) is 10.1. The molecule has 2 fully saturated rings. The molecule has 0 aromatic carbocycles. The first-order chi connectivity index (χ1) is 11.1. The zero-order valence-electron chi connectivity index (χ0n) is 15.2. The van der Waals surface area contributed by atoms with Crippen molar-refractivity contribution >= 4 is 30.7 Å². The average Bonchev–Trinajstić information content (AvgIpc) is 2.42. The monoisotopic (exact) mass is 348 g/mol. The van der Waals surface area contributed by atoms with Crippen LogP contribution in [0, 0.1) is 5.41 Å². The Morgan fingerprint density at radius 1 is 1.21 bits per heavy atom. The van der Waals surface area contributed by atoms with Gasteiger partial charge >= 0.3 is 7.48 Å². The van der Waals surface area contributed by atoms with Crippen LogP contribution in [0.15, 0.2) is 18.3 Å². The predicted octanol–water partition coefficient (Wildman–Crippen LogP) is 1.29. The minimum atomic E-state index is -0.920. The Bertz CT molecular complexity index is 574. The van der Waals surface area contributed by atoms with Crippen molar-refractivity contribution in [3.63, 3.8) is 0 Å². The molecular weight excluding hydrogens is 321 g/mol. The van der Waals surface area contributed by atoms with Gasteiger partial charge in [-0.3, -0.25) is 0 Å². The molecule has 3 rings (SSSR count). The Balaban J connectivity index is 1.50. The van der Waals surface area contributed by atoms with Gasteiger partial charge in [0.2, 0.25) is 0 Å². The van der Waals surface area contributed by atoms with Gasteiger partial charge in [-0.15, -0.1) is 0 Å². The number of anilines is 1. The normalized spacial score (nSPS) is 20.7. The van der Waals surface area contributed by atoms with E-state index in [0.717, 1.165) is 24.4 Å². The maximum Gasteiger partial charge on any atom is 0.332 e. The Hall–Kier alpha value is -0.755. The summed E-state index contributed by atoms with van der Waals surface area (Å²) in [4.78, 5) is 6.90. The molecule has 1 radical (unpaired) electrons. The molecule has 0 saturated carbocycles. The van der Waals surface area contributed by atoms with E-state index in [9.17, 15) is 5.11 Å². The van der Waals surface area contributed by atoms with Crippen molar-refractivity contribution in [2.24, 2.45) is 5.41 Å². The van der Waals surface area contributed by atoms with E-state index < -0.39 is 11.2 Å². The van der Waals surface area contributed by atoms with Crippen LogP contribution < -0.4 is 10.4 Å². The third-order valence-corrected chi connectivity index (χ3v) is 6.17. The smallest absolute Gasteiger partial charge is 0.332 e. The lowest BCUT2D eigenvalue weighted by Gasteiger charge is -2.60. The maximum absolute atomic E-state index is 10.1. The fraction of sp³-hybridized carbons (Fsp3) is 0.706. The van der Waals surface area contributed by atoms with E-state index in [1.54, 1.807) is 21.3 Å². The molecule has 1 N–H and O–H groups in total. The van der Waals surface area contributed by atoms with Crippen LogP contribution in [0.3, 0.4) is 0 Å². The molecule has 2 aliphatic heterocycles. The van der Waals surface area contributed by atoms with Crippen LogP contribution in [0.1, 0.15) is 27.7 Å². The zero-order chi connectivity index (χ0) is 17.6. The third-order valence-electron chi connectivity index (χ3n) is 5.39. The highest BCUT2D eigenvalue weighted by Crippen LogP contribution is 2.43. The summed E-state index contributed by atoms with van der Waals surface area (Å²) >= 11 is 1.83. The lowest BCUT2D eigenvalue weighted by atomic mass is 9.74. The maximum atomic E-state index is 10.1. The van der Waals surface area contributed by atoms with Gasteiger partial charge in [-0.25, -0.2) is 9.29 Å². The van der Waals surface area contributed by atoms with E-state index >= 15 is 0 Å². The van der Waals surface area contributed by atoms with E-state index in [0.29, 0.717) is 5.41 Å². The Labute approximate surface area is 150 Å². The number of pyridine rings is 1. The summed E-state index contributed by atoms with van der Waals surface area (Å²) in [6, 6.07) is 4.06. The zero-order valence-corrected chi connectivity index (χ0v) is 16.1. The molecule has 0 atom stereocenters. The van der Waals surface area contributed by atoms with Crippen molar-refractivity contribution in [2.75, 3.05) is 37.3 Å². The number of aliphatic hydroxyl groups is 1. The minimum Gasteiger partial charge on any atom is -0.427 e. The van der Waals surface area contributed by atoms with Crippen molar-refractivity contribution in [2.45, 2.75) is 38.9 Å². The number of rotatable bonds is 6. The third kappa shape index (κ3) is 3.45. The molecule has 2 saturated heterocycles. The standard InChI is InChI=1S/C17H27BN3O2S/c1-15(2,22)16(3,4)23-18-13-6-7-14(19-8-13)20-9-17(10-20)11-21(12-17)24-5/h6-8,22H,9-12H2,1-5H3. The molecule has 0 unspecified atom stereocenters. The molecule has 131 valence electrons. The molecule has 3 heterocycles. The van der Waals surface area contributed by atoms with Crippen LogP contribution in [0.2, 0.25) is 0 Å². The molecule has 2 aliphatic rings. The van der Waals surface area contributed by atoms with Gasteiger partial charge in [-0.05, 0) is 45.5 Å². The molecule has 1 aromatic rings. The van der Waals surface area contributed by atoms with Gasteiger partial charge in [-0.2, -0.15) is 0 Å². The SMILES string of the molecule is CSN1CC2(C1)CN(c1ccc([B]OC(C)(C)C(C)(C)O)cn1)C2. The fourth-order valence-electron chi connectivity index (χ4n) is 2.97. The van der Waals surface area contributed by atoms with Crippen molar-refractivity contribution in [3.8, 4) is 0 Å². The fourth-order valence-corrected chi connectivity index (χ4v) is 3.78. The molecule has 7 heteroatoms. The lowest BCUT2D eigenvalue weighted by Crippen LogP contribution is -2.70. The van der Waals surface area contributed by atoms with E-state index in [4.69, 9.17) is 4.65 Å². The van der Waals surface area contributed by atoms with Gasteiger partial charge in [0.05, 0.1) is 11.2 Å². The second kappa shape index (κ2) is 6.20. The molecule has 0 bridgehead atoms. The highest BCUT2D eigenvalue weighted by Gasteiger charge is 2.51. The van der Waals surface area contributed by atoms with Crippen LogP contribution in [-0.2, 0) is 4.65 Å². The second-order valence-electron chi connectivity index (χ2n) is 8.09. The Morgan fingerprint density at radius 3 is 2.38 bits per heavy atom. The molecule has 0 amide bonds. The van der Waals surface area contributed by atoms with Crippen LogP contribution in [0.25, 0.3) is 0 Å². The summed E-state index contributed by atoms with van der Waals surface area (Å²) in [5.41, 5.74) is -0.183. The first kappa shape index (κ1) is 18.0. The van der Waals surface area contributed by atoms with Crippen molar-refractivity contribution in [3.05, 3.63) is 18.3 Å². The van der Waals surface area contributed by atoms with E-state index in [1.165, 1.54) is 13.1 Å². The van der Waals surface area contributed by atoms with Gasteiger partial charge < -0.3 is 14.7 Å². The van der Waals surface area contributed by atoms with Gasteiger partial charge in [0.25, 0.3) is 0 Å². The first-order valence-electron chi connectivity index (χ1n) is 8.38. The highest BCUT2D eigenvalue weighted by atomic mass is 32.2. The van der Waals surface area contributed by atoms with E-state index in [2.05, 4.69) is 20.4 Å². The van der Waals surface area contributed by atoms with E-state index in [1.807, 2.05) is 44.1 Å². The molecule has 1 spiro atoms. The predicted molar refractivity (Wildman–Crippen MR) is 101 cm³/mol. The van der Waals surface area contributed by atoms with Crippen molar-refractivity contribution in [1.29, 1.82) is 0 Å². The molecule has 5 nitrogen and oxygen atoms in total. The van der Waals surface area contributed by atoms with E-state index in [-0.39, 0.29) is 0 Å². The summed E-state index contributed by atoms with van der Waals surface area (Å²) in [6.07, 6.45) is 3.97. The lowest BCUT2D eigenvalue weighted by molar-refractivity contribution is -0.0893. The van der Waals surface area contributed by atoms with Gasteiger partial charge in [-0.1, -0.05) is 18.0 Å². The van der Waals surface area contributed by atoms with Gasteiger partial charge in [0.1, 0.15) is 5.82 Å². The highest BCUT2D eigenvalue weighted by molar-refractivity contribution is 7.96. The van der Waals surface area contributed by atoms with Crippen LogP contribution in [0.5, 0.6) is 0 Å². The Kier molecular flexibility index (Phi) is 4.66. The summed E-state index contributed by atoms with van der Waals surface area (Å²) in [6.45, 7) is 11.8. The Morgan fingerprint density at radius 2 is 1.88 bits per heavy atom. The largest absolute Gasteiger partial charge is 0.427 e. The summed E-state index contributed by atoms with van der Waals surface area (Å²) < 4.78 is 8.18. The number of aromatic nitrogens is 1. The second-order valence-corrected chi connectivity index (χ2v) is 8.97. The molecule has 0 aliphatic carbocycles. The number of hydrogen-bond donors (Lipinski definition) is 1. The molecule has 24 heavy (non-hydrogen) atoms.